The molecule has 0 aliphatic rings. The minimum absolute atomic E-state index is 0.0239. The first-order chi connectivity index (χ1) is 10.2. The van der Waals surface area contributed by atoms with Gasteiger partial charge in [-0.15, -0.1) is 0 Å². The minimum atomic E-state index is -0.0239. The van der Waals surface area contributed by atoms with Crippen LogP contribution >= 0.6 is 0 Å². The molecule has 0 aromatic carbocycles. The van der Waals surface area contributed by atoms with Gasteiger partial charge in [0.25, 0.3) is 0 Å². The molecule has 0 aliphatic carbocycles. The lowest BCUT2D eigenvalue weighted by molar-refractivity contribution is 0.220. The Bertz CT molecular complexity index is 321. The Labute approximate surface area is 131 Å². The number of carbonyl (C=O) groups excluding carboxylic acids is 1. The molecule has 122 valence electrons. The highest BCUT2D eigenvalue weighted by atomic mass is 16.2. The zero-order valence-corrected chi connectivity index (χ0v) is 14.5. The number of allylic oxidation sites excluding steroid dienone is 3. The Morgan fingerprint density at radius 1 is 1.00 bits per heavy atom. The lowest BCUT2D eigenvalue weighted by atomic mass is 10.1. The first kappa shape index (κ1) is 19.8. The van der Waals surface area contributed by atoms with Crippen LogP contribution in [0.25, 0.3) is 0 Å². The molecule has 0 aromatic rings. The van der Waals surface area contributed by atoms with E-state index < -0.39 is 0 Å². The number of nitrogens with zero attached hydrogens (tertiary/aromatic N) is 1. The second-order valence-corrected chi connectivity index (χ2v) is 5.48. The van der Waals surface area contributed by atoms with Gasteiger partial charge < -0.3 is 5.32 Å². The van der Waals surface area contributed by atoms with Crippen molar-refractivity contribution >= 4 is 6.03 Å². The van der Waals surface area contributed by atoms with Crippen molar-refractivity contribution in [3.05, 3.63) is 23.9 Å². The van der Waals surface area contributed by atoms with Crippen molar-refractivity contribution in [2.45, 2.75) is 72.1 Å². The van der Waals surface area contributed by atoms with E-state index >= 15 is 0 Å². The van der Waals surface area contributed by atoms with Gasteiger partial charge in [0.1, 0.15) is 0 Å². The zero-order chi connectivity index (χ0) is 15.9. The van der Waals surface area contributed by atoms with E-state index in [4.69, 9.17) is 0 Å². The third-order valence-electron chi connectivity index (χ3n) is 3.63. The van der Waals surface area contributed by atoms with E-state index in [1.165, 1.54) is 44.9 Å². The molecule has 0 fully saturated rings. The molecule has 3 heteroatoms. The van der Waals surface area contributed by atoms with Crippen LogP contribution in [0.5, 0.6) is 0 Å². The average molecular weight is 294 g/mol. The number of hydrogen-bond donors (Lipinski definition) is 1. The number of rotatable bonds is 11. The van der Waals surface area contributed by atoms with E-state index in [0.29, 0.717) is 0 Å². The average Bonchev–Trinajstić information content (AvgIpc) is 2.50. The quantitative estimate of drug-likeness (QED) is 0.410. The minimum Gasteiger partial charge on any atom is -0.338 e. The third kappa shape index (κ3) is 10.2. The number of nitrogens with one attached hydrogen (secondary N) is 1. The van der Waals surface area contributed by atoms with E-state index in [1.54, 1.807) is 11.9 Å². The zero-order valence-electron chi connectivity index (χ0n) is 14.5. The number of amides is 2. The summed E-state index contributed by atoms with van der Waals surface area (Å²) in [5.41, 5.74) is 0.922. The summed E-state index contributed by atoms with van der Waals surface area (Å²) >= 11 is 0. The largest absolute Gasteiger partial charge is 0.338 e. The maximum atomic E-state index is 12.0. The summed E-state index contributed by atoms with van der Waals surface area (Å²) in [5.74, 6) is 0. The van der Waals surface area contributed by atoms with Crippen molar-refractivity contribution in [1.29, 1.82) is 0 Å². The summed E-state index contributed by atoms with van der Waals surface area (Å²) in [6.07, 6.45) is 16.1. The van der Waals surface area contributed by atoms with Crippen LogP contribution in [-0.2, 0) is 0 Å². The fourth-order valence-corrected chi connectivity index (χ4v) is 2.26. The van der Waals surface area contributed by atoms with Crippen molar-refractivity contribution in [3.63, 3.8) is 0 Å². The predicted molar refractivity (Wildman–Crippen MR) is 92.3 cm³/mol. The second-order valence-electron chi connectivity index (χ2n) is 5.48. The Morgan fingerprint density at radius 2 is 1.57 bits per heavy atom. The first-order valence-corrected chi connectivity index (χ1v) is 8.47. The van der Waals surface area contributed by atoms with Gasteiger partial charge in [-0.25, -0.2) is 4.79 Å². The molecule has 21 heavy (non-hydrogen) atoms. The Hall–Kier alpha value is -1.25. The Kier molecular flexibility index (Phi) is 12.9. The van der Waals surface area contributed by atoms with E-state index in [9.17, 15) is 4.79 Å². The molecule has 3 nitrogen and oxygen atoms in total. The molecule has 1 N–H and O–H groups in total. The molecule has 0 bridgehead atoms. The van der Waals surface area contributed by atoms with Crippen molar-refractivity contribution in [1.82, 2.24) is 10.2 Å². The molecule has 0 saturated heterocycles. The number of likely N-dealkylation sites (N-methyl/N-ethyl adjacent to an activating group) is 1. The summed E-state index contributed by atoms with van der Waals surface area (Å²) in [6.45, 7) is 6.91. The van der Waals surface area contributed by atoms with Crippen LogP contribution in [0, 0.1) is 0 Å². The SMILES string of the molecule is C/C=C\C(=C/C)N(C)C(=O)NCCCCCCCCCC. The van der Waals surface area contributed by atoms with Gasteiger partial charge in [-0.05, 0) is 26.3 Å². The molecule has 0 atom stereocenters. The molecule has 0 rings (SSSR count). The van der Waals surface area contributed by atoms with Gasteiger partial charge in [0, 0.05) is 19.3 Å². The van der Waals surface area contributed by atoms with Gasteiger partial charge in [0.05, 0.1) is 0 Å². The molecule has 0 aromatic heterocycles. The number of unbranched alkanes of at least 4 members (excludes halogenated alkanes) is 7. The molecule has 2 amide bonds. The monoisotopic (exact) mass is 294 g/mol. The molecule has 0 radical (unpaired) electrons. The van der Waals surface area contributed by atoms with Crippen LogP contribution in [0.1, 0.15) is 72.1 Å². The van der Waals surface area contributed by atoms with Crippen molar-refractivity contribution in [2.75, 3.05) is 13.6 Å². The van der Waals surface area contributed by atoms with Crippen molar-refractivity contribution in [2.24, 2.45) is 0 Å². The van der Waals surface area contributed by atoms with E-state index in [1.807, 2.05) is 32.1 Å². The van der Waals surface area contributed by atoms with Crippen LogP contribution in [0.15, 0.2) is 23.9 Å². The van der Waals surface area contributed by atoms with Gasteiger partial charge in [0.2, 0.25) is 0 Å². The standard InChI is InChI=1S/C18H34N2O/c1-5-8-9-10-11-12-13-14-16-19-18(21)20(4)17(7-3)15-6-2/h6-7,15H,5,8-14,16H2,1-4H3,(H,19,21)/b15-6-,17-7+. The van der Waals surface area contributed by atoms with Crippen LogP contribution in [0.2, 0.25) is 0 Å². The topological polar surface area (TPSA) is 32.3 Å². The summed E-state index contributed by atoms with van der Waals surface area (Å²) in [5, 5.41) is 2.98. The van der Waals surface area contributed by atoms with Gasteiger partial charge in [-0.2, -0.15) is 0 Å². The molecule has 0 spiro atoms. The predicted octanol–water partition coefficient (Wildman–Crippen LogP) is 5.25. The van der Waals surface area contributed by atoms with Gasteiger partial charge in [0.15, 0.2) is 0 Å². The number of carbonyl (C=O) groups is 1. The summed E-state index contributed by atoms with van der Waals surface area (Å²) in [7, 11) is 1.80. The number of hydrogen-bond acceptors (Lipinski definition) is 1. The summed E-state index contributed by atoms with van der Waals surface area (Å²) < 4.78 is 0. The smallest absolute Gasteiger partial charge is 0.321 e. The lowest BCUT2D eigenvalue weighted by Crippen LogP contribution is -2.36. The molecule has 0 saturated carbocycles. The van der Waals surface area contributed by atoms with Crippen LogP contribution in [0.4, 0.5) is 4.79 Å². The second kappa shape index (κ2) is 13.7. The first-order valence-electron chi connectivity index (χ1n) is 8.47. The van der Waals surface area contributed by atoms with Gasteiger partial charge in [-0.3, -0.25) is 4.90 Å². The van der Waals surface area contributed by atoms with Crippen molar-refractivity contribution in [3.8, 4) is 0 Å². The molecular formula is C18H34N2O. The number of urea groups is 1. The molecular weight excluding hydrogens is 260 g/mol. The van der Waals surface area contributed by atoms with E-state index in [2.05, 4.69) is 12.2 Å². The molecule has 0 heterocycles. The summed E-state index contributed by atoms with van der Waals surface area (Å²) in [4.78, 5) is 13.6. The fourth-order valence-electron chi connectivity index (χ4n) is 2.26. The highest BCUT2D eigenvalue weighted by Gasteiger charge is 2.09. The van der Waals surface area contributed by atoms with Crippen LogP contribution in [-0.4, -0.2) is 24.5 Å². The summed E-state index contributed by atoms with van der Waals surface area (Å²) in [6, 6.07) is -0.0239. The third-order valence-corrected chi connectivity index (χ3v) is 3.63. The fraction of sp³-hybridized carbons (Fsp3) is 0.722. The highest BCUT2D eigenvalue weighted by molar-refractivity contribution is 5.76. The van der Waals surface area contributed by atoms with Crippen molar-refractivity contribution < 1.29 is 4.79 Å². The van der Waals surface area contributed by atoms with Crippen LogP contribution in [0.3, 0.4) is 0 Å². The van der Waals surface area contributed by atoms with E-state index in [0.717, 1.165) is 18.7 Å². The molecule has 0 unspecified atom stereocenters. The molecule has 0 aliphatic heterocycles. The maximum Gasteiger partial charge on any atom is 0.321 e. The highest BCUT2D eigenvalue weighted by Crippen LogP contribution is 2.08. The van der Waals surface area contributed by atoms with E-state index in [-0.39, 0.29) is 6.03 Å². The lowest BCUT2D eigenvalue weighted by Gasteiger charge is -2.18. The van der Waals surface area contributed by atoms with Crippen LogP contribution < -0.4 is 5.32 Å². The maximum absolute atomic E-state index is 12.0. The Morgan fingerprint density at radius 3 is 2.10 bits per heavy atom. The normalized spacial score (nSPS) is 11.9. The Balaban J connectivity index is 3.66. The van der Waals surface area contributed by atoms with Gasteiger partial charge in [-0.1, -0.05) is 64.0 Å². The van der Waals surface area contributed by atoms with Gasteiger partial charge >= 0.3 is 6.03 Å².